The number of hydrogen-bond acceptors (Lipinski definition) is 2. The van der Waals surface area contributed by atoms with Crippen molar-refractivity contribution in [3.05, 3.63) is 65.2 Å². The fraction of sp³-hybridized carbons (Fsp3) is 0.188. The van der Waals surface area contributed by atoms with Crippen LogP contribution in [-0.2, 0) is 0 Å². The van der Waals surface area contributed by atoms with Gasteiger partial charge in [0, 0.05) is 0 Å². The Hall–Kier alpha value is -2.41. The normalized spacial score (nSPS) is 11.7. The molecule has 0 bridgehead atoms. The van der Waals surface area contributed by atoms with Crippen LogP contribution in [0.25, 0.3) is 0 Å². The van der Waals surface area contributed by atoms with Gasteiger partial charge >= 0.3 is 0 Å². The van der Waals surface area contributed by atoms with Gasteiger partial charge in [0.1, 0.15) is 5.69 Å². The maximum atomic E-state index is 13.9. The average Bonchev–Trinajstić information content (AvgIpc) is 2.47. The van der Waals surface area contributed by atoms with Gasteiger partial charge in [0.15, 0.2) is 11.6 Å². The molecule has 0 heterocycles. The average molecular weight is 272 g/mol. The van der Waals surface area contributed by atoms with Gasteiger partial charge < -0.3 is 5.32 Å². The highest BCUT2D eigenvalue weighted by molar-refractivity contribution is 5.51. The Balaban J connectivity index is 2.32. The molecule has 1 atom stereocenters. The van der Waals surface area contributed by atoms with Gasteiger partial charge in [-0.25, -0.2) is 8.78 Å². The Morgan fingerprint density at radius 2 is 1.75 bits per heavy atom. The van der Waals surface area contributed by atoms with Gasteiger partial charge in [0.2, 0.25) is 0 Å². The Bertz CT molecular complexity index is 610. The lowest BCUT2D eigenvalue weighted by Gasteiger charge is -2.19. The summed E-state index contributed by atoms with van der Waals surface area (Å²) in [6.45, 7) is 1.93. The third-order valence-electron chi connectivity index (χ3n) is 3.10. The minimum atomic E-state index is -0.754. The van der Waals surface area contributed by atoms with Crippen molar-refractivity contribution in [2.75, 3.05) is 5.32 Å². The monoisotopic (exact) mass is 272 g/mol. The molecule has 1 unspecified atom stereocenters. The summed E-state index contributed by atoms with van der Waals surface area (Å²) < 4.78 is 27.7. The second kappa shape index (κ2) is 6.16. The molecule has 102 valence electrons. The topological polar surface area (TPSA) is 35.8 Å². The lowest BCUT2D eigenvalue weighted by molar-refractivity contribution is 0.580. The highest BCUT2D eigenvalue weighted by Gasteiger charge is 2.16. The molecule has 2 aromatic carbocycles. The Kier molecular flexibility index (Phi) is 4.31. The first-order chi connectivity index (χ1) is 9.65. The number of rotatable bonds is 4. The summed E-state index contributed by atoms with van der Waals surface area (Å²) in [6, 6.07) is 13.1. The van der Waals surface area contributed by atoms with Crippen molar-refractivity contribution < 1.29 is 8.78 Å². The zero-order valence-corrected chi connectivity index (χ0v) is 11.0. The number of nitrogens with one attached hydrogen (secondary N) is 1. The van der Waals surface area contributed by atoms with Crippen LogP contribution in [0.4, 0.5) is 14.5 Å². The molecule has 0 radical (unpaired) electrons. The van der Waals surface area contributed by atoms with Crippen LogP contribution in [0.5, 0.6) is 0 Å². The van der Waals surface area contributed by atoms with Gasteiger partial charge in [-0.15, -0.1) is 0 Å². The van der Waals surface area contributed by atoms with E-state index in [1.54, 1.807) is 6.07 Å². The molecule has 0 spiro atoms. The van der Waals surface area contributed by atoms with Crippen LogP contribution < -0.4 is 5.32 Å². The van der Waals surface area contributed by atoms with E-state index < -0.39 is 11.6 Å². The molecule has 0 aliphatic heterocycles. The SMILES string of the molecule is CCC(Nc1c(F)cc(C#N)cc1F)c1ccccc1. The summed E-state index contributed by atoms with van der Waals surface area (Å²) in [5.74, 6) is -1.51. The second-order valence-electron chi connectivity index (χ2n) is 4.44. The predicted octanol–water partition coefficient (Wildman–Crippen LogP) is 4.40. The number of nitriles is 1. The van der Waals surface area contributed by atoms with E-state index in [1.807, 2.05) is 37.3 Å². The number of benzene rings is 2. The molecule has 1 N–H and O–H groups in total. The fourth-order valence-electron chi connectivity index (χ4n) is 2.06. The molecular weight excluding hydrogens is 258 g/mol. The second-order valence-corrected chi connectivity index (χ2v) is 4.44. The molecule has 20 heavy (non-hydrogen) atoms. The predicted molar refractivity (Wildman–Crippen MR) is 74.2 cm³/mol. The van der Waals surface area contributed by atoms with Gasteiger partial charge in [-0.2, -0.15) is 5.26 Å². The number of nitrogens with zero attached hydrogens (tertiary/aromatic N) is 1. The Labute approximate surface area is 116 Å². The highest BCUT2D eigenvalue weighted by Crippen LogP contribution is 2.27. The van der Waals surface area contributed by atoms with Crippen molar-refractivity contribution in [3.63, 3.8) is 0 Å². The van der Waals surface area contributed by atoms with Crippen LogP contribution in [0.3, 0.4) is 0 Å². The van der Waals surface area contributed by atoms with E-state index in [4.69, 9.17) is 5.26 Å². The third kappa shape index (κ3) is 2.94. The van der Waals surface area contributed by atoms with E-state index in [2.05, 4.69) is 5.32 Å². The van der Waals surface area contributed by atoms with Crippen LogP contribution in [-0.4, -0.2) is 0 Å². The summed E-state index contributed by atoms with van der Waals surface area (Å²) in [5.41, 5.74) is 0.733. The smallest absolute Gasteiger partial charge is 0.150 e. The highest BCUT2D eigenvalue weighted by atomic mass is 19.1. The number of hydrogen-bond donors (Lipinski definition) is 1. The zero-order valence-electron chi connectivity index (χ0n) is 11.0. The summed E-state index contributed by atoms with van der Waals surface area (Å²) in [6.07, 6.45) is 0.683. The lowest BCUT2D eigenvalue weighted by Crippen LogP contribution is -2.12. The molecule has 0 aliphatic rings. The van der Waals surface area contributed by atoms with Gasteiger partial charge in [0.05, 0.1) is 17.7 Å². The Morgan fingerprint density at radius 3 is 2.25 bits per heavy atom. The lowest BCUT2D eigenvalue weighted by atomic mass is 10.0. The summed E-state index contributed by atoms with van der Waals surface area (Å²) in [5, 5.41) is 11.6. The van der Waals surface area contributed by atoms with Crippen LogP contribution >= 0.6 is 0 Å². The molecule has 0 saturated carbocycles. The largest absolute Gasteiger partial charge is 0.374 e. The molecule has 0 fully saturated rings. The maximum Gasteiger partial charge on any atom is 0.150 e. The van der Waals surface area contributed by atoms with Gasteiger partial charge in [0.25, 0.3) is 0 Å². The minimum absolute atomic E-state index is 0.0293. The van der Waals surface area contributed by atoms with E-state index in [0.717, 1.165) is 17.7 Å². The zero-order chi connectivity index (χ0) is 14.5. The molecule has 2 aromatic rings. The first-order valence-corrected chi connectivity index (χ1v) is 6.36. The van der Waals surface area contributed by atoms with E-state index >= 15 is 0 Å². The minimum Gasteiger partial charge on any atom is -0.374 e. The van der Waals surface area contributed by atoms with E-state index in [0.29, 0.717) is 6.42 Å². The van der Waals surface area contributed by atoms with Crippen LogP contribution in [0.15, 0.2) is 42.5 Å². The molecular formula is C16H14F2N2. The Morgan fingerprint density at radius 1 is 1.15 bits per heavy atom. The summed E-state index contributed by atoms with van der Waals surface area (Å²) in [4.78, 5) is 0. The standard InChI is InChI=1S/C16H14F2N2/c1-2-15(12-6-4-3-5-7-12)20-16-13(17)8-11(10-19)9-14(16)18/h3-9,15,20H,2H2,1H3. The van der Waals surface area contributed by atoms with Crippen LogP contribution in [0.2, 0.25) is 0 Å². The number of halogens is 2. The molecule has 2 nitrogen and oxygen atoms in total. The molecule has 4 heteroatoms. The number of anilines is 1. The first-order valence-electron chi connectivity index (χ1n) is 6.36. The first kappa shape index (κ1) is 14.0. The fourth-order valence-corrected chi connectivity index (χ4v) is 2.06. The molecule has 2 rings (SSSR count). The van der Waals surface area contributed by atoms with Crippen LogP contribution in [0, 0.1) is 23.0 Å². The maximum absolute atomic E-state index is 13.9. The van der Waals surface area contributed by atoms with Gasteiger partial charge in [-0.1, -0.05) is 37.3 Å². The van der Waals surface area contributed by atoms with Crippen molar-refractivity contribution in [1.82, 2.24) is 0 Å². The van der Waals surface area contributed by atoms with Crippen molar-refractivity contribution >= 4 is 5.69 Å². The van der Waals surface area contributed by atoms with E-state index in [1.165, 1.54) is 0 Å². The quantitative estimate of drug-likeness (QED) is 0.895. The van der Waals surface area contributed by atoms with Crippen molar-refractivity contribution in [3.8, 4) is 6.07 Å². The van der Waals surface area contributed by atoms with Gasteiger partial charge in [-0.05, 0) is 24.1 Å². The van der Waals surface area contributed by atoms with Crippen molar-refractivity contribution in [2.45, 2.75) is 19.4 Å². The molecule has 0 aromatic heterocycles. The van der Waals surface area contributed by atoms with E-state index in [9.17, 15) is 8.78 Å². The molecule has 0 saturated heterocycles. The van der Waals surface area contributed by atoms with Crippen molar-refractivity contribution in [1.29, 1.82) is 5.26 Å². The summed E-state index contributed by atoms with van der Waals surface area (Å²) in [7, 11) is 0. The van der Waals surface area contributed by atoms with E-state index in [-0.39, 0.29) is 17.3 Å². The third-order valence-corrected chi connectivity index (χ3v) is 3.10. The summed E-state index contributed by atoms with van der Waals surface area (Å²) >= 11 is 0. The van der Waals surface area contributed by atoms with Crippen LogP contribution in [0.1, 0.15) is 30.5 Å². The molecule has 0 aliphatic carbocycles. The van der Waals surface area contributed by atoms with Gasteiger partial charge in [-0.3, -0.25) is 0 Å². The van der Waals surface area contributed by atoms with Crippen molar-refractivity contribution in [2.24, 2.45) is 0 Å². The molecule has 0 amide bonds.